The van der Waals surface area contributed by atoms with Crippen LogP contribution >= 0.6 is 12.2 Å². The molecule has 1 saturated heterocycles. The van der Waals surface area contributed by atoms with Crippen LogP contribution in [0.15, 0.2) is 48.5 Å². The molecule has 0 unspecified atom stereocenters. The molecule has 46 heavy (non-hydrogen) atoms. The van der Waals surface area contributed by atoms with E-state index in [1.54, 1.807) is 48.5 Å². The number of para-hydroxylation sites is 2. The van der Waals surface area contributed by atoms with Gasteiger partial charge in [0.25, 0.3) is 11.8 Å². The Hall–Kier alpha value is -5.29. The molecule has 1 aromatic heterocycles. The normalized spacial score (nSPS) is 18.9. The van der Waals surface area contributed by atoms with Gasteiger partial charge in [-0.2, -0.15) is 0 Å². The number of nitrogens with zero attached hydrogens (tertiary/aromatic N) is 2. The van der Waals surface area contributed by atoms with Crippen molar-refractivity contribution in [3.05, 3.63) is 54.1 Å². The first-order valence-electron chi connectivity index (χ1n) is 13.8. The second-order valence-electron chi connectivity index (χ2n) is 9.89. The van der Waals surface area contributed by atoms with E-state index < -0.39 is 54.3 Å². The SMILES string of the molecule is COc1ccc(C(=O)Nc2nc3ccccc3n2CC(=O)NNC(=S)N[C@@H]2OC[C@@H](OC(C)=O)[C@H](OC(C)=O)[C@H]2OC(C)=O)cc1. The van der Waals surface area contributed by atoms with Crippen molar-refractivity contribution >= 4 is 64.0 Å². The first kappa shape index (κ1) is 33.6. The number of aromatic nitrogens is 2. The minimum atomic E-state index is -1.27. The summed E-state index contributed by atoms with van der Waals surface area (Å²) in [6.07, 6.45) is -4.71. The number of carbonyl (C=O) groups is 5. The fraction of sp³-hybridized carbons (Fsp3) is 0.345. The highest BCUT2D eigenvalue weighted by molar-refractivity contribution is 7.80. The monoisotopic (exact) mass is 656 g/mol. The zero-order valence-corrected chi connectivity index (χ0v) is 26.0. The van der Waals surface area contributed by atoms with E-state index in [2.05, 4.69) is 26.5 Å². The van der Waals surface area contributed by atoms with Gasteiger partial charge in [-0.3, -0.25) is 40.1 Å². The van der Waals surface area contributed by atoms with Gasteiger partial charge in [0.1, 0.15) is 12.3 Å². The van der Waals surface area contributed by atoms with Crippen molar-refractivity contribution in [3.63, 3.8) is 0 Å². The largest absolute Gasteiger partial charge is 0.497 e. The maximum Gasteiger partial charge on any atom is 0.303 e. The lowest BCUT2D eigenvalue weighted by Crippen LogP contribution is -2.63. The summed E-state index contributed by atoms with van der Waals surface area (Å²) in [5.74, 6) is -2.38. The molecule has 2 amide bonds. The quantitative estimate of drug-likeness (QED) is 0.110. The van der Waals surface area contributed by atoms with Crippen molar-refractivity contribution in [2.45, 2.75) is 51.9 Å². The molecule has 244 valence electrons. The highest BCUT2D eigenvalue weighted by Crippen LogP contribution is 2.24. The summed E-state index contributed by atoms with van der Waals surface area (Å²) < 4.78 is 28.2. The highest BCUT2D eigenvalue weighted by Gasteiger charge is 2.47. The number of anilines is 1. The molecule has 4 N–H and O–H groups in total. The van der Waals surface area contributed by atoms with Gasteiger partial charge in [-0.1, -0.05) is 12.1 Å². The van der Waals surface area contributed by atoms with E-state index >= 15 is 0 Å². The zero-order chi connectivity index (χ0) is 33.4. The topological polar surface area (TPSA) is 197 Å². The van der Waals surface area contributed by atoms with Crippen LogP contribution in [0.2, 0.25) is 0 Å². The first-order chi connectivity index (χ1) is 21.9. The summed E-state index contributed by atoms with van der Waals surface area (Å²) in [7, 11) is 1.52. The van der Waals surface area contributed by atoms with Gasteiger partial charge in [-0.15, -0.1) is 0 Å². The Kier molecular flexibility index (Phi) is 11.1. The number of hydrogen-bond acceptors (Lipinski definition) is 12. The van der Waals surface area contributed by atoms with Gasteiger partial charge in [0.05, 0.1) is 24.8 Å². The summed E-state index contributed by atoms with van der Waals surface area (Å²) in [4.78, 5) is 65.7. The number of hydrogen-bond donors (Lipinski definition) is 4. The number of thiocarbonyl (C=S) groups is 1. The molecule has 0 radical (unpaired) electrons. The van der Waals surface area contributed by atoms with Crippen molar-refractivity contribution in [2.75, 3.05) is 19.0 Å². The van der Waals surface area contributed by atoms with Gasteiger partial charge < -0.3 is 33.6 Å². The number of nitrogens with one attached hydrogen (secondary N) is 4. The number of ether oxygens (including phenoxy) is 5. The maximum absolute atomic E-state index is 13.0. The molecule has 17 heteroatoms. The van der Waals surface area contributed by atoms with Gasteiger partial charge in [0.15, 0.2) is 29.7 Å². The van der Waals surface area contributed by atoms with Crippen LogP contribution in [0.4, 0.5) is 5.95 Å². The smallest absolute Gasteiger partial charge is 0.303 e. The Morgan fingerprint density at radius 1 is 0.913 bits per heavy atom. The third-order valence-corrected chi connectivity index (χ3v) is 6.69. The van der Waals surface area contributed by atoms with Crippen molar-refractivity contribution in [1.82, 2.24) is 25.7 Å². The van der Waals surface area contributed by atoms with Gasteiger partial charge >= 0.3 is 17.9 Å². The van der Waals surface area contributed by atoms with E-state index in [1.165, 1.54) is 18.6 Å². The summed E-state index contributed by atoms with van der Waals surface area (Å²) in [6.45, 7) is 2.96. The van der Waals surface area contributed by atoms with Crippen LogP contribution in [0.3, 0.4) is 0 Å². The van der Waals surface area contributed by atoms with Crippen molar-refractivity contribution in [1.29, 1.82) is 0 Å². The summed E-state index contributed by atoms with van der Waals surface area (Å²) in [5, 5.41) is 5.34. The van der Waals surface area contributed by atoms with Crippen molar-refractivity contribution < 1.29 is 47.7 Å². The molecule has 1 aliphatic heterocycles. The second-order valence-corrected chi connectivity index (χ2v) is 10.3. The molecule has 1 fully saturated rings. The standard InChI is InChI=1S/C29H32N6O10S/c1-15(36)43-22-14-42-27(25(45-17(3)38)24(22)44-16(2)37)32-29(46)34-33-23(39)13-35-21-8-6-5-7-20(21)30-28(35)31-26(40)18-9-11-19(41-4)12-10-18/h5-12,22,24-25,27H,13-14H2,1-4H3,(H,33,39)(H,30,31,40)(H2,32,34,46)/t22-,24+,25-,27-/m1/s1. The molecule has 1 aliphatic rings. The number of benzene rings is 2. The predicted molar refractivity (Wildman–Crippen MR) is 164 cm³/mol. The molecular weight excluding hydrogens is 624 g/mol. The van der Waals surface area contributed by atoms with E-state index in [0.717, 1.165) is 13.8 Å². The minimum Gasteiger partial charge on any atom is -0.497 e. The Morgan fingerprint density at radius 3 is 2.22 bits per heavy atom. The molecule has 2 aromatic carbocycles. The van der Waals surface area contributed by atoms with Crippen LogP contribution in [0.25, 0.3) is 11.0 Å². The second kappa shape index (κ2) is 15.1. The number of methoxy groups -OCH3 is 1. The molecule has 0 saturated carbocycles. The maximum atomic E-state index is 13.0. The molecule has 0 aliphatic carbocycles. The van der Waals surface area contributed by atoms with Gasteiger partial charge in [-0.05, 0) is 48.6 Å². The first-order valence-corrected chi connectivity index (χ1v) is 14.2. The van der Waals surface area contributed by atoms with Crippen LogP contribution in [0.5, 0.6) is 5.75 Å². The molecule has 0 spiro atoms. The molecule has 16 nitrogen and oxygen atoms in total. The Labute approximate surface area is 268 Å². The molecule has 2 heterocycles. The lowest BCUT2D eigenvalue weighted by atomic mass is 10.0. The van der Waals surface area contributed by atoms with Crippen LogP contribution in [-0.4, -0.2) is 82.6 Å². The Bertz CT molecular complexity index is 1630. The lowest BCUT2D eigenvalue weighted by molar-refractivity contribution is -0.227. The van der Waals surface area contributed by atoms with Gasteiger partial charge in [0, 0.05) is 26.3 Å². The van der Waals surface area contributed by atoms with E-state index in [9.17, 15) is 24.0 Å². The molecule has 4 atom stereocenters. The third kappa shape index (κ3) is 8.66. The average Bonchev–Trinajstić information content (AvgIpc) is 3.34. The average molecular weight is 657 g/mol. The molecular formula is C29H32N6O10S. The summed E-state index contributed by atoms with van der Waals surface area (Å²) >= 11 is 5.29. The number of amides is 2. The summed E-state index contributed by atoms with van der Waals surface area (Å²) in [5.41, 5.74) is 6.47. The van der Waals surface area contributed by atoms with Crippen LogP contribution < -0.4 is 26.2 Å². The van der Waals surface area contributed by atoms with E-state index in [1.807, 2.05) is 0 Å². The number of hydrazine groups is 1. The molecule has 4 rings (SSSR count). The predicted octanol–water partition coefficient (Wildman–Crippen LogP) is 0.944. The van der Waals surface area contributed by atoms with Gasteiger partial charge in [0.2, 0.25) is 5.95 Å². The lowest BCUT2D eigenvalue weighted by Gasteiger charge is -2.40. The van der Waals surface area contributed by atoms with Crippen LogP contribution in [0.1, 0.15) is 31.1 Å². The number of imidazole rings is 1. The zero-order valence-electron chi connectivity index (χ0n) is 25.2. The summed E-state index contributed by atoms with van der Waals surface area (Å²) in [6, 6.07) is 13.5. The van der Waals surface area contributed by atoms with Crippen LogP contribution in [-0.2, 0) is 44.7 Å². The fourth-order valence-electron chi connectivity index (χ4n) is 4.59. The highest BCUT2D eigenvalue weighted by atomic mass is 32.1. The van der Waals surface area contributed by atoms with E-state index in [0.29, 0.717) is 22.3 Å². The number of rotatable bonds is 9. The van der Waals surface area contributed by atoms with E-state index in [4.69, 9.17) is 35.9 Å². The number of carbonyl (C=O) groups excluding carboxylic acids is 5. The van der Waals surface area contributed by atoms with Crippen LogP contribution in [0, 0.1) is 0 Å². The van der Waals surface area contributed by atoms with Gasteiger partial charge in [-0.25, -0.2) is 4.98 Å². The molecule has 0 bridgehead atoms. The number of fused-ring (bicyclic) bond motifs is 1. The van der Waals surface area contributed by atoms with Crippen molar-refractivity contribution in [2.24, 2.45) is 0 Å². The Balaban J connectivity index is 1.42. The Morgan fingerprint density at radius 2 is 1.57 bits per heavy atom. The third-order valence-electron chi connectivity index (χ3n) is 6.47. The van der Waals surface area contributed by atoms with Crippen molar-refractivity contribution in [3.8, 4) is 5.75 Å². The minimum absolute atomic E-state index is 0.136. The fourth-order valence-corrected chi connectivity index (χ4v) is 4.75. The van der Waals surface area contributed by atoms with E-state index in [-0.39, 0.29) is 24.2 Å². The molecule has 3 aromatic rings. The number of esters is 3.